The summed E-state index contributed by atoms with van der Waals surface area (Å²) in [4.78, 5) is 30.1. The summed E-state index contributed by atoms with van der Waals surface area (Å²) in [5, 5.41) is 6.39. The van der Waals surface area contributed by atoms with Gasteiger partial charge in [-0.05, 0) is 57.4 Å². The lowest BCUT2D eigenvalue weighted by Gasteiger charge is -2.12. The third-order valence-electron chi connectivity index (χ3n) is 3.73. The third-order valence-corrected chi connectivity index (χ3v) is 4.06. The van der Waals surface area contributed by atoms with Crippen molar-refractivity contribution in [3.05, 3.63) is 52.8 Å². The highest BCUT2D eigenvalue weighted by molar-refractivity contribution is 6.33. The Labute approximate surface area is 163 Å². The van der Waals surface area contributed by atoms with E-state index < -0.39 is 5.97 Å². The van der Waals surface area contributed by atoms with E-state index in [0.717, 1.165) is 13.0 Å². The number of rotatable bonds is 8. The number of carbonyl (C=O) groups excluding carboxylic acids is 2. The van der Waals surface area contributed by atoms with E-state index in [1.165, 1.54) is 13.3 Å². The number of hydrogen-bond acceptors (Lipinski definition) is 6. The number of amides is 1. The summed E-state index contributed by atoms with van der Waals surface area (Å²) in [5.74, 6) is -0.700. The maximum absolute atomic E-state index is 12.2. The van der Waals surface area contributed by atoms with Gasteiger partial charge in [0.15, 0.2) is 0 Å². The summed E-state index contributed by atoms with van der Waals surface area (Å²) < 4.78 is 4.72. The Kier molecular flexibility index (Phi) is 7.57. The van der Waals surface area contributed by atoms with Gasteiger partial charge in [-0.2, -0.15) is 0 Å². The van der Waals surface area contributed by atoms with Crippen LogP contribution in [0.3, 0.4) is 0 Å². The van der Waals surface area contributed by atoms with Gasteiger partial charge < -0.3 is 20.3 Å². The normalized spacial score (nSPS) is 10.6. The molecule has 1 aromatic carbocycles. The van der Waals surface area contributed by atoms with E-state index >= 15 is 0 Å². The van der Waals surface area contributed by atoms with E-state index in [-0.39, 0.29) is 5.91 Å². The summed E-state index contributed by atoms with van der Waals surface area (Å²) in [6.45, 7) is 1.47. The Morgan fingerprint density at radius 3 is 2.70 bits per heavy atom. The lowest BCUT2D eigenvalue weighted by Crippen LogP contribution is -2.27. The molecule has 1 amide bonds. The van der Waals surface area contributed by atoms with E-state index in [2.05, 4.69) is 20.5 Å². The van der Waals surface area contributed by atoms with Crippen molar-refractivity contribution in [3.63, 3.8) is 0 Å². The van der Waals surface area contributed by atoms with Gasteiger partial charge in [-0.1, -0.05) is 11.6 Å². The molecule has 1 heterocycles. The van der Waals surface area contributed by atoms with E-state index in [1.54, 1.807) is 30.3 Å². The summed E-state index contributed by atoms with van der Waals surface area (Å²) in [5.41, 5.74) is 1.83. The van der Waals surface area contributed by atoms with Crippen molar-refractivity contribution in [2.24, 2.45) is 0 Å². The number of benzene rings is 1. The predicted molar refractivity (Wildman–Crippen MR) is 106 cm³/mol. The molecule has 0 aliphatic rings. The van der Waals surface area contributed by atoms with Crippen LogP contribution in [0, 0.1) is 0 Å². The lowest BCUT2D eigenvalue weighted by molar-refractivity contribution is 0.0600. The third kappa shape index (κ3) is 6.23. The van der Waals surface area contributed by atoms with Gasteiger partial charge in [-0.25, -0.2) is 4.79 Å². The van der Waals surface area contributed by atoms with Gasteiger partial charge in [-0.3, -0.25) is 9.78 Å². The zero-order valence-corrected chi connectivity index (χ0v) is 16.3. The highest BCUT2D eigenvalue weighted by atomic mass is 35.5. The van der Waals surface area contributed by atoms with E-state index in [9.17, 15) is 9.59 Å². The minimum atomic E-state index is -0.456. The molecule has 0 aliphatic heterocycles. The molecule has 8 heteroatoms. The van der Waals surface area contributed by atoms with Crippen molar-refractivity contribution >= 4 is 34.9 Å². The van der Waals surface area contributed by atoms with Gasteiger partial charge in [0.1, 0.15) is 5.69 Å². The fourth-order valence-corrected chi connectivity index (χ4v) is 2.51. The number of pyridine rings is 1. The highest BCUT2D eigenvalue weighted by Crippen LogP contribution is 2.27. The average molecular weight is 391 g/mol. The molecule has 0 fully saturated rings. The van der Waals surface area contributed by atoms with Crippen molar-refractivity contribution in [2.45, 2.75) is 6.42 Å². The van der Waals surface area contributed by atoms with E-state index in [4.69, 9.17) is 16.3 Å². The molecule has 0 unspecified atom stereocenters. The Balaban J connectivity index is 2.07. The lowest BCUT2D eigenvalue weighted by atomic mass is 10.2. The largest absolute Gasteiger partial charge is 0.465 e. The van der Waals surface area contributed by atoms with Crippen LogP contribution >= 0.6 is 11.6 Å². The second kappa shape index (κ2) is 9.89. The quantitative estimate of drug-likeness (QED) is 0.532. The molecular formula is C19H23ClN4O3. The van der Waals surface area contributed by atoms with Crippen molar-refractivity contribution in [3.8, 4) is 0 Å². The first-order valence-electron chi connectivity index (χ1n) is 8.44. The van der Waals surface area contributed by atoms with E-state index in [1.807, 2.05) is 14.1 Å². The van der Waals surface area contributed by atoms with Crippen molar-refractivity contribution in [2.75, 3.05) is 39.6 Å². The number of carbonyl (C=O) groups is 2. The summed E-state index contributed by atoms with van der Waals surface area (Å²) in [6.07, 6.45) is 2.39. The molecular weight excluding hydrogens is 368 g/mol. The summed E-state index contributed by atoms with van der Waals surface area (Å²) >= 11 is 6.19. The van der Waals surface area contributed by atoms with Gasteiger partial charge in [0, 0.05) is 18.4 Å². The minimum absolute atomic E-state index is 0.244. The number of halogens is 1. The van der Waals surface area contributed by atoms with E-state index in [0.29, 0.717) is 34.2 Å². The number of hydrogen-bond donors (Lipinski definition) is 2. The molecule has 27 heavy (non-hydrogen) atoms. The van der Waals surface area contributed by atoms with Crippen LogP contribution in [0.5, 0.6) is 0 Å². The number of aromatic nitrogens is 1. The Morgan fingerprint density at radius 2 is 2.00 bits per heavy atom. The number of esters is 1. The summed E-state index contributed by atoms with van der Waals surface area (Å²) in [7, 11) is 5.29. The molecule has 0 saturated carbocycles. The number of nitrogens with zero attached hydrogens (tertiary/aromatic N) is 2. The number of ether oxygens (including phenoxy) is 1. The average Bonchev–Trinajstić information content (AvgIpc) is 2.66. The van der Waals surface area contributed by atoms with Gasteiger partial charge in [0.05, 0.1) is 23.4 Å². The molecule has 0 aliphatic carbocycles. The number of methoxy groups -OCH3 is 1. The zero-order valence-electron chi connectivity index (χ0n) is 15.6. The molecule has 0 radical (unpaired) electrons. The maximum atomic E-state index is 12.2. The summed E-state index contributed by atoms with van der Waals surface area (Å²) in [6, 6.07) is 8.12. The van der Waals surface area contributed by atoms with Crippen LogP contribution in [-0.2, 0) is 4.74 Å². The fourth-order valence-electron chi connectivity index (χ4n) is 2.34. The van der Waals surface area contributed by atoms with Crippen molar-refractivity contribution in [1.29, 1.82) is 0 Å². The number of nitrogens with one attached hydrogen (secondary N) is 2. The molecule has 7 nitrogen and oxygen atoms in total. The Hall–Kier alpha value is -2.64. The monoisotopic (exact) mass is 390 g/mol. The SMILES string of the molecule is COC(=O)c1ccc(Cl)c(Nc2ccnc(C(=O)NCCCN(C)C)c2)c1. The van der Waals surface area contributed by atoms with Crippen LogP contribution in [0.15, 0.2) is 36.5 Å². The van der Waals surface area contributed by atoms with Crippen LogP contribution in [0.1, 0.15) is 27.3 Å². The van der Waals surface area contributed by atoms with Crippen LogP contribution < -0.4 is 10.6 Å². The standard InChI is InChI=1S/C19H23ClN4O3/c1-24(2)10-4-8-22-18(25)17-12-14(7-9-21-17)23-16-11-13(19(26)27-3)5-6-15(16)20/h5-7,9,11-12H,4,8,10H2,1-3H3,(H,21,23)(H,22,25). The van der Waals surface area contributed by atoms with Crippen molar-refractivity contribution in [1.82, 2.24) is 15.2 Å². The van der Waals surface area contributed by atoms with Gasteiger partial charge in [0.25, 0.3) is 5.91 Å². The molecule has 2 rings (SSSR count). The first-order valence-corrected chi connectivity index (χ1v) is 8.82. The molecule has 0 bridgehead atoms. The Bertz CT molecular complexity index is 811. The fraction of sp³-hybridized carbons (Fsp3) is 0.316. The molecule has 2 N–H and O–H groups in total. The van der Waals surface area contributed by atoms with Crippen LogP contribution in [0.25, 0.3) is 0 Å². The Morgan fingerprint density at radius 1 is 1.22 bits per heavy atom. The molecule has 2 aromatic rings. The van der Waals surface area contributed by atoms with Gasteiger partial charge in [-0.15, -0.1) is 0 Å². The predicted octanol–water partition coefficient (Wildman–Crippen LogP) is 2.95. The smallest absolute Gasteiger partial charge is 0.337 e. The first kappa shape index (κ1) is 20.7. The first-order chi connectivity index (χ1) is 12.9. The molecule has 0 atom stereocenters. The van der Waals surface area contributed by atoms with Gasteiger partial charge >= 0.3 is 5.97 Å². The highest BCUT2D eigenvalue weighted by Gasteiger charge is 2.11. The molecule has 0 spiro atoms. The van der Waals surface area contributed by atoms with Crippen LogP contribution in [0.2, 0.25) is 5.02 Å². The van der Waals surface area contributed by atoms with Gasteiger partial charge in [0.2, 0.25) is 0 Å². The number of anilines is 2. The topological polar surface area (TPSA) is 83.6 Å². The zero-order chi connectivity index (χ0) is 19.8. The minimum Gasteiger partial charge on any atom is -0.465 e. The van der Waals surface area contributed by atoms with Crippen LogP contribution in [-0.4, -0.2) is 56.1 Å². The second-order valence-corrected chi connectivity index (χ2v) is 6.56. The maximum Gasteiger partial charge on any atom is 0.337 e. The molecule has 144 valence electrons. The van der Waals surface area contributed by atoms with Crippen LogP contribution in [0.4, 0.5) is 11.4 Å². The van der Waals surface area contributed by atoms with Crippen molar-refractivity contribution < 1.29 is 14.3 Å². The second-order valence-electron chi connectivity index (χ2n) is 6.15. The molecule has 1 aromatic heterocycles. The molecule has 0 saturated heterocycles.